The minimum absolute atomic E-state index is 0.0105. The predicted octanol–water partition coefficient (Wildman–Crippen LogP) is 3.17. The maximum Gasteiger partial charge on any atom is 0.341 e. The largest absolute Gasteiger partial charge is 0.486 e. The van der Waals surface area contributed by atoms with Crippen LogP contribution in [0.5, 0.6) is 5.75 Å². The van der Waals surface area contributed by atoms with Crippen molar-refractivity contribution in [3.8, 4) is 5.75 Å². The van der Waals surface area contributed by atoms with Crippen LogP contribution < -0.4 is 4.74 Å². The first-order valence-corrected chi connectivity index (χ1v) is 8.74. The molecule has 0 N–H and O–H groups in total. The molecule has 1 atom stereocenters. The minimum atomic E-state index is -0.284. The zero-order valence-corrected chi connectivity index (χ0v) is 14.1. The molecule has 2 aliphatic heterocycles. The van der Waals surface area contributed by atoms with Gasteiger partial charge in [0.2, 0.25) is 0 Å². The number of piperidine rings is 1. The fraction of sp³-hybridized carbons (Fsp3) is 0.632. The number of carbonyl (C=O) groups is 1. The van der Waals surface area contributed by atoms with Crippen molar-refractivity contribution in [1.82, 2.24) is 4.90 Å². The number of esters is 1. The van der Waals surface area contributed by atoms with Crippen molar-refractivity contribution in [3.63, 3.8) is 0 Å². The SMILES string of the molecule is COC(=O)c1cc(CN2CCC[C@H](C)C2)cc2c1OC1(CC1)C2. The summed E-state index contributed by atoms with van der Waals surface area (Å²) >= 11 is 0. The van der Waals surface area contributed by atoms with E-state index in [0.717, 1.165) is 50.6 Å². The van der Waals surface area contributed by atoms with Crippen LogP contribution in [0, 0.1) is 5.92 Å². The molecule has 2 heterocycles. The maximum absolute atomic E-state index is 12.2. The Morgan fingerprint density at radius 2 is 2.26 bits per heavy atom. The third-order valence-corrected chi connectivity index (χ3v) is 5.42. The number of hydrogen-bond acceptors (Lipinski definition) is 4. The summed E-state index contributed by atoms with van der Waals surface area (Å²) in [7, 11) is 1.44. The van der Waals surface area contributed by atoms with E-state index in [-0.39, 0.29) is 11.6 Å². The summed E-state index contributed by atoms with van der Waals surface area (Å²) in [5.41, 5.74) is 2.99. The number of likely N-dealkylation sites (tertiary alicyclic amines) is 1. The van der Waals surface area contributed by atoms with Gasteiger partial charge in [-0.15, -0.1) is 0 Å². The Morgan fingerprint density at radius 1 is 1.43 bits per heavy atom. The molecule has 4 heteroatoms. The molecule has 1 saturated heterocycles. The molecule has 0 aromatic heterocycles. The molecule has 0 radical (unpaired) electrons. The molecule has 0 bridgehead atoms. The second-order valence-corrected chi connectivity index (χ2v) is 7.57. The number of carbonyl (C=O) groups excluding carboxylic acids is 1. The third-order valence-electron chi connectivity index (χ3n) is 5.42. The van der Waals surface area contributed by atoms with E-state index < -0.39 is 0 Å². The molecule has 0 unspecified atom stereocenters. The van der Waals surface area contributed by atoms with Crippen LogP contribution in [0.1, 0.15) is 54.1 Å². The normalized spacial score (nSPS) is 25.0. The number of ether oxygens (including phenoxy) is 2. The Labute approximate surface area is 137 Å². The van der Waals surface area contributed by atoms with Crippen LogP contribution in [0.2, 0.25) is 0 Å². The molecule has 2 fully saturated rings. The molecule has 124 valence electrons. The lowest BCUT2D eigenvalue weighted by Gasteiger charge is -2.31. The fourth-order valence-electron chi connectivity index (χ4n) is 4.07. The van der Waals surface area contributed by atoms with E-state index >= 15 is 0 Å². The van der Waals surface area contributed by atoms with E-state index in [4.69, 9.17) is 9.47 Å². The molecule has 1 aromatic carbocycles. The van der Waals surface area contributed by atoms with Crippen LogP contribution in [-0.2, 0) is 17.7 Å². The summed E-state index contributed by atoms with van der Waals surface area (Å²) in [6.07, 6.45) is 5.73. The van der Waals surface area contributed by atoms with E-state index in [2.05, 4.69) is 17.9 Å². The predicted molar refractivity (Wildman–Crippen MR) is 87.8 cm³/mol. The van der Waals surface area contributed by atoms with Gasteiger partial charge in [-0.1, -0.05) is 13.0 Å². The first-order valence-electron chi connectivity index (χ1n) is 8.74. The number of fused-ring (bicyclic) bond motifs is 1. The van der Waals surface area contributed by atoms with Crippen molar-refractivity contribution >= 4 is 5.97 Å². The number of methoxy groups -OCH3 is 1. The highest BCUT2D eigenvalue weighted by Gasteiger charge is 2.51. The van der Waals surface area contributed by atoms with E-state index in [1.54, 1.807) is 0 Å². The van der Waals surface area contributed by atoms with E-state index in [1.807, 2.05) is 6.07 Å². The summed E-state index contributed by atoms with van der Waals surface area (Å²) in [6, 6.07) is 4.22. The van der Waals surface area contributed by atoms with Gasteiger partial charge in [-0.2, -0.15) is 0 Å². The molecule has 1 aliphatic carbocycles. The van der Waals surface area contributed by atoms with Gasteiger partial charge in [-0.05, 0) is 55.3 Å². The van der Waals surface area contributed by atoms with Crippen LogP contribution >= 0.6 is 0 Å². The summed E-state index contributed by atoms with van der Waals surface area (Å²) in [5, 5.41) is 0. The molecule has 1 saturated carbocycles. The Bertz CT molecular complexity index is 636. The standard InChI is InChI=1S/C19H25NO3/c1-13-4-3-7-20(11-13)12-14-8-15-10-19(5-6-19)23-17(15)16(9-14)18(21)22-2/h8-9,13H,3-7,10-12H2,1-2H3/t13-/m0/s1. The highest BCUT2D eigenvalue weighted by molar-refractivity contribution is 5.93. The van der Waals surface area contributed by atoms with Crippen molar-refractivity contribution in [1.29, 1.82) is 0 Å². The second kappa shape index (κ2) is 5.52. The van der Waals surface area contributed by atoms with Crippen LogP contribution in [0.15, 0.2) is 12.1 Å². The van der Waals surface area contributed by atoms with Gasteiger partial charge < -0.3 is 9.47 Å². The van der Waals surface area contributed by atoms with Gasteiger partial charge in [0.25, 0.3) is 0 Å². The molecular weight excluding hydrogens is 290 g/mol. The van der Waals surface area contributed by atoms with Crippen molar-refractivity contribution < 1.29 is 14.3 Å². The number of rotatable bonds is 3. The van der Waals surface area contributed by atoms with Gasteiger partial charge >= 0.3 is 5.97 Å². The van der Waals surface area contributed by atoms with E-state index in [1.165, 1.54) is 31.1 Å². The molecule has 23 heavy (non-hydrogen) atoms. The van der Waals surface area contributed by atoms with Crippen molar-refractivity contribution in [2.75, 3.05) is 20.2 Å². The van der Waals surface area contributed by atoms with Crippen LogP contribution in [0.4, 0.5) is 0 Å². The van der Waals surface area contributed by atoms with Crippen molar-refractivity contribution in [3.05, 3.63) is 28.8 Å². The lowest BCUT2D eigenvalue weighted by Crippen LogP contribution is -2.33. The smallest absolute Gasteiger partial charge is 0.341 e. The average molecular weight is 315 g/mol. The van der Waals surface area contributed by atoms with Gasteiger partial charge in [0.1, 0.15) is 16.9 Å². The first-order chi connectivity index (χ1) is 11.1. The lowest BCUT2D eigenvalue weighted by molar-refractivity contribution is 0.0594. The van der Waals surface area contributed by atoms with Gasteiger partial charge in [0, 0.05) is 19.5 Å². The molecule has 4 rings (SSSR count). The number of nitrogens with zero attached hydrogens (tertiary/aromatic N) is 1. The van der Waals surface area contributed by atoms with Crippen molar-refractivity contribution in [2.45, 2.75) is 51.2 Å². The zero-order valence-electron chi connectivity index (χ0n) is 14.1. The first kappa shape index (κ1) is 15.0. The van der Waals surface area contributed by atoms with Gasteiger partial charge in [-0.25, -0.2) is 4.79 Å². The summed E-state index contributed by atoms with van der Waals surface area (Å²) < 4.78 is 11.1. The van der Waals surface area contributed by atoms with Crippen LogP contribution in [0.3, 0.4) is 0 Å². The highest BCUT2D eigenvalue weighted by Crippen LogP contribution is 2.51. The van der Waals surface area contributed by atoms with Crippen molar-refractivity contribution in [2.24, 2.45) is 5.92 Å². The maximum atomic E-state index is 12.2. The molecular formula is C19H25NO3. The molecule has 0 amide bonds. The molecule has 3 aliphatic rings. The van der Waals surface area contributed by atoms with E-state index in [9.17, 15) is 4.79 Å². The fourth-order valence-corrected chi connectivity index (χ4v) is 4.07. The quantitative estimate of drug-likeness (QED) is 0.803. The minimum Gasteiger partial charge on any atom is -0.486 e. The van der Waals surface area contributed by atoms with Crippen LogP contribution in [0.25, 0.3) is 0 Å². The van der Waals surface area contributed by atoms with Crippen LogP contribution in [-0.4, -0.2) is 36.7 Å². The number of hydrogen-bond donors (Lipinski definition) is 0. The summed E-state index contributed by atoms with van der Waals surface area (Å²) in [5.74, 6) is 1.24. The molecule has 1 spiro atoms. The monoisotopic (exact) mass is 315 g/mol. The zero-order chi connectivity index (χ0) is 16.0. The van der Waals surface area contributed by atoms with Gasteiger partial charge in [0.05, 0.1) is 7.11 Å². The van der Waals surface area contributed by atoms with E-state index in [0.29, 0.717) is 5.56 Å². The van der Waals surface area contributed by atoms with Gasteiger partial charge in [0.15, 0.2) is 0 Å². The summed E-state index contributed by atoms with van der Waals surface area (Å²) in [4.78, 5) is 14.7. The number of benzene rings is 1. The summed E-state index contributed by atoms with van der Waals surface area (Å²) in [6.45, 7) is 5.52. The molecule has 1 aromatic rings. The Kier molecular flexibility index (Phi) is 3.60. The van der Waals surface area contributed by atoms with Gasteiger partial charge in [-0.3, -0.25) is 4.90 Å². The lowest BCUT2D eigenvalue weighted by atomic mass is 9.98. The Morgan fingerprint density at radius 3 is 2.96 bits per heavy atom. The topological polar surface area (TPSA) is 38.8 Å². The highest BCUT2D eigenvalue weighted by atomic mass is 16.5. The third kappa shape index (κ3) is 2.85. The molecule has 4 nitrogen and oxygen atoms in total. The second-order valence-electron chi connectivity index (χ2n) is 7.57. The average Bonchev–Trinajstić information content (AvgIpc) is 3.16. The Balaban J connectivity index is 1.62. The Hall–Kier alpha value is -1.55.